The normalized spacial score (nSPS) is 9.12. The number of halogens is 1. The van der Waals surface area contributed by atoms with Gasteiger partial charge in [-0.25, -0.2) is 4.39 Å². The van der Waals surface area contributed by atoms with Crippen molar-refractivity contribution in [3.05, 3.63) is 35.6 Å². The van der Waals surface area contributed by atoms with E-state index in [2.05, 4.69) is 17.2 Å². The zero-order valence-electron chi connectivity index (χ0n) is 9.22. The smallest absolute Gasteiger partial charge is 0.221 e. The lowest BCUT2D eigenvalue weighted by molar-refractivity contribution is -0.120. The number of hydrogen-bond acceptors (Lipinski definition) is 1. The van der Waals surface area contributed by atoms with Gasteiger partial charge in [0.1, 0.15) is 5.82 Å². The van der Waals surface area contributed by atoms with Crippen LogP contribution >= 0.6 is 0 Å². The summed E-state index contributed by atoms with van der Waals surface area (Å²) < 4.78 is 12.6. The first kappa shape index (κ1) is 12.3. The van der Waals surface area contributed by atoms with Crippen LogP contribution in [-0.4, -0.2) is 12.5 Å². The lowest BCUT2D eigenvalue weighted by atomic mass is 10.1. The van der Waals surface area contributed by atoms with Crippen LogP contribution in [0.5, 0.6) is 0 Å². The van der Waals surface area contributed by atoms with Gasteiger partial charge in [0.25, 0.3) is 0 Å². The molecule has 0 atom stereocenters. The van der Waals surface area contributed by atoms with Crippen LogP contribution in [0.25, 0.3) is 0 Å². The van der Waals surface area contributed by atoms with Crippen molar-refractivity contribution in [1.82, 2.24) is 5.32 Å². The molecule has 84 valence electrons. The molecule has 1 aromatic rings. The highest BCUT2D eigenvalue weighted by atomic mass is 19.1. The van der Waals surface area contributed by atoms with E-state index in [-0.39, 0.29) is 11.7 Å². The van der Waals surface area contributed by atoms with Crippen molar-refractivity contribution in [2.24, 2.45) is 0 Å². The largest absolute Gasteiger partial charge is 0.345 e. The fraction of sp³-hybridized carbons (Fsp3) is 0.308. The number of carbonyl (C=O) groups excluding carboxylic acids is 1. The van der Waals surface area contributed by atoms with E-state index in [4.69, 9.17) is 0 Å². The van der Waals surface area contributed by atoms with Crippen LogP contribution in [0.3, 0.4) is 0 Å². The van der Waals surface area contributed by atoms with Crippen molar-refractivity contribution in [3.63, 3.8) is 0 Å². The minimum absolute atomic E-state index is 0.0351. The second-order valence-corrected chi connectivity index (χ2v) is 3.33. The number of aryl methyl sites for hydroxylation is 1. The monoisotopic (exact) mass is 219 g/mol. The van der Waals surface area contributed by atoms with Crippen molar-refractivity contribution >= 4 is 5.91 Å². The molecular weight excluding hydrogens is 205 g/mol. The molecule has 0 fully saturated rings. The molecule has 0 unspecified atom stereocenters. The van der Waals surface area contributed by atoms with Crippen LogP contribution in [-0.2, 0) is 11.2 Å². The Balaban J connectivity index is 2.30. The molecule has 0 bridgehead atoms. The Hall–Kier alpha value is -1.82. The van der Waals surface area contributed by atoms with E-state index < -0.39 is 0 Å². The van der Waals surface area contributed by atoms with Crippen LogP contribution in [0, 0.1) is 17.7 Å². The molecule has 0 heterocycles. The SMILES string of the molecule is CC#CCNC(=O)CCc1ccc(F)cc1. The molecule has 1 aromatic carbocycles. The van der Waals surface area contributed by atoms with Crippen LogP contribution in [0.15, 0.2) is 24.3 Å². The van der Waals surface area contributed by atoms with Crippen molar-refractivity contribution < 1.29 is 9.18 Å². The van der Waals surface area contributed by atoms with Crippen LogP contribution < -0.4 is 5.32 Å². The second-order valence-electron chi connectivity index (χ2n) is 3.33. The first-order valence-corrected chi connectivity index (χ1v) is 5.13. The highest BCUT2D eigenvalue weighted by Gasteiger charge is 2.00. The van der Waals surface area contributed by atoms with E-state index in [0.717, 1.165) is 5.56 Å². The summed E-state index contributed by atoms with van der Waals surface area (Å²) in [5.74, 6) is 5.16. The highest BCUT2D eigenvalue weighted by Crippen LogP contribution is 2.05. The average molecular weight is 219 g/mol. The Morgan fingerprint density at radius 3 is 2.69 bits per heavy atom. The minimum Gasteiger partial charge on any atom is -0.345 e. The molecule has 0 aliphatic rings. The number of hydrogen-bond donors (Lipinski definition) is 1. The van der Waals surface area contributed by atoms with Gasteiger partial charge in [0, 0.05) is 6.42 Å². The lowest BCUT2D eigenvalue weighted by Crippen LogP contribution is -2.23. The molecule has 0 aromatic heterocycles. The summed E-state index contributed by atoms with van der Waals surface area (Å²) in [6.07, 6.45) is 1.02. The fourth-order valence-electron chi connectivity index (χ4n) is 1.23. The Morgan fingerprint density at radius 1 is 1.38 bits per heavy atom. The summed E-state index contributed by atoms with van der Waals surface area (Å²) in [6, 6.07) is 6.18. The first-order valence-electron chi connectivity index (χ1n) is 5.13. The van der Waals surface area contributed by atoms with Gasteiger partial charge in [-0.3, -0.25) is 4.79 Å². The predicted molar refractivity (Wildman–Crippen MR) is 61.2 cm³/mol. The molecule has 1 N–H and O–H groups in total. The van der Waals surface area contributed by atoms with E-state index >= 15 is 0 Å². The van der Waals surface area contributed by atoms with Crippen molar-refractivity contribution in [2.75, 3.05) is 6.54 Å². The maximum absolute atomic E-state index is 12.6. The topological polar surface area (TPSA) is 29.1 Å². The maximum atomic E-state index is 12.6. The Morgan fingerprint density at radius 2 is 2.06 bits per heavy atom. The molecule has 2 nitrogen and oxygen atoms in total. The van der Waals surface area contributed by atoms with Crippen LogP contribution in [0.4, 0.5) is 4.39 Å². The Kier molecular flexibility index (Phi) is 5.07. The Labute approximate surface area is 94.9 Å². The minimum atomic E-state index is -0.258. The molecule has 3 heteroatoms. The van der Waals surface area contributed by atoms with Gasteiger partial charge < -0.3 is 5.32 Å². The van der Waals surface area contributed by atoms with Gasteiger partial charge in [0.05, 0.1) is 6.54 Å². The summed E-state index contributed by atoms with van der Waals surface area (Å²) in [5, 5.41) is 2.68. The quantitative estimate of drug-likeness (QED) is 0.770. The number of amides is 1. The van der Waals surface area contributed by atoms with E-state index in [1.54, 1.807) is 19.1 Å². The van der Waals surface area contributed by atoms with Gasteiger partial charge in [-0.2, -0.15) is 0 Å². The standard InChI is InChI=1S/C13H14FNO/c1-2-3-10-15-13(16)9-6-11-4-7-12(14)8-5-11/h4-5,7-8H,6,9-10H2,1H3,(H,15,16). The zero-order chi connectivity index (χ0) is 11.8. The first-order chi connectivity index (χ1) is 7.72. The molecule has 0 aliphatic carbocycles. The lowest BCUT2D eigenvalue weighted by Gasteiger charge is -2.01. The zero-order valence-corrected chi connectivity index (χ0v) is 9.22. The molecular formula is C13H14FNO. The van der Waals surface area contributed by atoms with E-state index in [1.807, 2.05) is 0 Å². The van der Waals surface area contributed by atoms with Crippen LogP contribution in [0.2, 0.25) is 0 Å². The maximum Gasteiger partial charge on any atom is 0.221 e. The highest BCUT2D eigenvalue weighted by molar-refractivity contribution is 5.76. The summed E-state index contributed by atoms with van der Waals surface area (Å²) in [6.45, 7) is 2.11. The number of rotatable bonds is 4. The third-order valence-electron chi connectivity index (χ3n) is 2.10. The molecule has 1 rings (SSSR count). The summed E-state index contributed by atoms with van der Waals surface area (Å²) in [5.41, 5.74) is 0.957. The number of carbonyl (C=O) groups is 1. The molecule has 0 aliphatic heterocycles. The number of benzene rings is 1. The third-order valence-corrected chi connectivity index (χ3v) is 2.10. The van der Waals surface area contributed by atoms with Crippen molar-refractivity contribution in [3.8, 4) is 11.8 Å². The van der Waals surface area contributed by atoms with Crippen molar-refractivity contribution in [1.29, 1.82) is 0 Å². The number of nitrogens with one attached hydrogen (secondary N) is 1. The van der Waals surface area contributed by atoms with Gasteiger partial charge in [-0.1, -0.05) is 18.1 Å². The molecule has 0 saturated carbocycles. The van der Waals surface area contributed by atoms with E-state index in [9.17, 15) is 9.18 Å². The molecule has 0 radical (unpaired) electrons. The molecule has 16 heavy (non-hydrogen) atoms. The van der Waals surface area contributed by atoms with Gasteiger partial charge >= 0.3 is 0 Å². The van der Waals surface area contributed by atoms with Gasteiger partial charge in [0.2, 0.25) is 5.91 Å². The Bertz CT molecular complexity index is 400. The van der Waals surface area contributed by atoms with Gasteiger partial charge in [-0.15, -0.1) is 5.92 Å². The summed E-state index contributed by atoms with van der Waals surface area (Å²) in [4.78, 5) is 11.3. The molecule has 0 spiro atoms. The summed E-state index contributed by atoms with van der Waals surface area (Å²) >= 11 is 0. The van der Waals surface area contributed by atoms with E-state index in [0.29, 0.717) is 19.4 Å². The average Bonchev–Trinajstić information content (AvgIpc) is 2.29. The fourth-order valence-corrected chi connectivity index (χ4v) is 1.23. The second kappa shape index (κ2) is 6.62. The van der Waals surface area contributed by atoms with Gasteiger partial charge in [0.15, 0.2) is 0 Å². The third kappa shape index (κ3) is 4.61. The molecule has 1 amide bonds. The van der Waals surface area contributed by atoms with Crippen LogP contribution in [0.1, 0.15) is 18.9 Å². The molecule has 0 saturated heterocycles. The summed E-state index contributed by atoms with van der Waals surface area (Å²) in [7, 11) is 0. The predicted octanol–water partition coefficient (Wildman–Crippen LogP) is 1.90. The van der Waals surface area contributed by atoms with Gasteiger partial charge in [-0.05, 0) is 31.0 Å². The van der Waals surface area contributed by atoms with Crippen molar-refractivity contribution in [2.45, 2.75) is 19.8 Å². The van der Waals surface area contributed by atoms with E-state index in [1.165, 1.54) is 12.1 Å².